The summed E-state index contributed by atoms with van der Waals surface area (Å²) in [5.74, 6) is 1.08. The van der Waals surface area contributed by atoms with Crippen molar-refractivity contribution in [3.05, 3.63) is 23.5 Å². The van der Waals surface area contributed by atoms with Gasteiger partial charge in [0, 0.05) is 30.3 Å². The molecule has 0 spiro atoms. The van der Waals surface area contributed by atoms with Gasteiger partial charge in [-0.15, -0.1) is 11.3 Å². The molecule has 154 valence electrons. The molecule has 1 heterocycles. The van der Waals surface area contributed by atoms with Crippen LogP contribution in [0.25, 0.3) is 0 Å². The smallest absolute Gasteiger partial charge is 0.188 e. The van der Waals surface area contributed by atoms with Gasteiger partial charge in [-0.1, -0.05) is 45.1 Å². The molecule has 2 aliphatic rings. The predicted octanol–water partition coefficient (Wildman–Crippen LogP) is 5.12. The lowest BCUT2D eigenvalue weighted by Gasteiger charge is -2.44. The Labute approximate surface area is 168 Å². The lowest BCUT2D eigenvalue weighted by molar-refractivity contribution is -0.106. The second kappa shape index (κ2) is 13.7. The van der Waals surface area contributed by atoms with Crippen molar-refractivity contribution in [1.82, 2.24) is 9.88 Å². The topological polar surface area (TPSA) is 65.5 Å². The monoisotopic (exact) mass is 395 g/mol. The zero-order valence-corrected chi connectivity index (χ0v) is 18.1. The van der Waals surface area contributed by atoms with Crippen LogP contribution in [0.15, 0.2) is 18.6 Å². The largest absolute Gasteiger partial charge is 0.400 e. The standard InChI is InChI=1S/C18H29N3S.C2H4O.CH4O/c1-14-13-19-18(22-14)20-15(2)21(16-9-5-3-6-10-16)17-11-7-4-8-12-17;1-2-3;1-2/h13,16-17H,2-12H2,1H3,(H,19,20);2H,1H3;2H,1H3. The number of nitrogens with one attached hydrogen (secondary N) is 1. The van der Waals surface area contributed by atoms with Gasteiger partial charge in [-0.2, -0.15) is 0 Å². The first-order chi connectivity index (χ1) is 13.2. The zero-order chi connectivity index (χ0) is 20.1. The summed E-state index contributed by atoms with van der Waals surface area (Å²) in [6.45, 7) is 7.94. The van der Waals surface area contributed by atoms with Crippen LogP contribution in [0, 0.1) is 6.92 Å². The molecular formula is C21H37N3O2S. The lowest BCUT2D eigenvalue weighted by atomic mass is 9.88. The first kappa shape index (κ1) is 23.6. The van der Waals surface area contributed by atoms with Gasteiger partial charge in [0.25, 0.3) is 0 Å². The molecule has 6 heteroatoms. The van der Waals surface area contributed by atoms with Gasteiger partial charge in [-0.25, -0.2) is 4.98 Å². The van der Waals surface area contributed by atoms with Crippen LogP contribution in [0.1, 0.15) is 76.0 Å². The van der Waals surface area contributed by atoms with Gasteiger partial charge in [-0.05, 0) is 39.5 Å². The molecule has 27 heavy (non-hydrogen) atoms. The zero-order valence-electron chi connectivity index (χ0n) is 17.2. The number of nitrogens with zero attached hydrogens (tertiary/aromatic N) is 2. The van der Waals surface area contributed by atoms with Gasteiger partial charge in [0.05, 0.1) is 0 Å². The molecule has 1 aromatic heterocycles. The van der Waals surface area contributed by atoms with Gasteiger partial charge in [-0.3, -0.25) is 0 Å². The number of thiazole rings is 1. The van der Waals surface area contributed by atoms with Gasteiger partial charge < -0.3 is 20.1 Å². The number of aldehydes is 1. The van der Waals surface area contributed by atoms with Gasteiger partial charge in [0.15, 0.2) is 5.13 Å². The van der Waals surface area contributed by atoms with Crippen molar-refractivity contribution in [1.29, 1.82) is 0 Å². The number of aliphatic hydroxyl groups is 1. The number of aliphatic hydroxyl groups excluding tert-OH is 1. The highest BCUT2D eigenvalue weighted by molar-refractivity contribution is 7.15. The number of carbonyl (C=O) groups is 1. The Morgan fingerprint density at radius 2 is 1.59 bits per heavy atom. The van der Waals surface area contributed by atoms with Crippen molar-refractivity contribution in [2.24, 2.45) is 0 Å². The summed E-state index contributed by atoms with van der Waals surface area (Å²) >= 11 is 1.72. The minimum absolute atomic E-state index is 0.679. The summed E-state index contributed by atoms with van der Waals surface area (Å²) in [7, 11) is 1.00. The molecule has 2 N–H and O–H groups in total. The average Bonchev–Trinajstić information content (AvgIpc) is 3.10. The lowest BCUT2D eigenvalue weighted by Crippen LogP contribution is -2.45. The van der Waals surface area contributed by atoms with Crippen molar-refractivity contribution in [2.45, 2.75) is 90.1 Å². The summed E-state index contributed by atoms with van der Waals surface area (Å²) < 4.78 is 0. The molecule has 0 atom stereocenters. The number of carbonyl (C=O) groups excluding carboxylic acids is 1. The van der Waals surface area contributed by atoms with E-state index in [4.69, 9.17) is 9.90 Å². The Balaban J connectivity index is 0.000000665. The molecular weight excluding hydrogens is 358 g/mol. The van der Waals surface area contributed by atoms with Crippen molar-refractivity contribution in [3.63, 3.8) is 0 Å². The van der Waals surface area contributed by atoms with E-state index in [-0.39, 0.29) is 0 Å². The Morgan fingerprint density at radius 3 is 1.96 bits per heavy atom. The Kier molecular flexibility index (Phi) is 12.0. The van der Waals surface area contributed by atoms with E-state index in [1.165, 1.54) is 76.0 Å². The maximum absolute atomic E-state index is 8.81. The van der Waals surface area contributed by atoms with Crippen LogP contribution >= 0.6 is 11.3 Å². The number of rotatable bonds is 5. The predicted molar refractivity (Wildman–Crippen MR) is 115 cm³/mol. The van der Waals surface area contributed by atoms with Gasteiger partial charge >= 0.3 is 0 Å². The molecule has 2 saturated carbocycles. The van der Waals surface area contributed by atoms with E-state index in [9.17, 15) is 0 Å². The average molecular weight is 396 g/mol. The summed E-state index contributed by atoms with van der Waals surface area (Å²) in [4.78, 5) is 17.1. The fraction of sp³-hybridized carbons (Fsp3) is 0.714. The van der Waals surface area contributed by atoms with E-state index >= 15 is 0 Å². The first-order valence-electron chi connectivity index (χ1n) is 10.2. The Hall–Kier alpha value is -1.40. The molecule has 3 rings (SSSR count). The summed E-state index contributed by atoms with van der Waals surface area (Å²) in [5, 5.41) is 11.5. The molecule has 2 fully saturated rings. The maximum atomic E-state index is 8.81. The second-order valence-corrected chi connectivity index (χ2v) is 8.31. The maximum Gasteiger partial charge on any atom is 0.188 e. The highest BCUT2D eigenvalue weighted by atomic mass is 32.1. The summed E-state index contributed by atoms with van der Waals surface area (Å²) in [6, 6.07) is 1.36. The number of hydrogen-bond donors (Lipinski definition) is 2. The van der Waals surface area contributed by atoms with E-state index in [2.05, 4.69) is 28.7 Å². The van der Waals surface area contributed by atoms with Crippen molar-refractivity contribution in [2.75, 3.05) is 12.4 Å². The number of anilines is 1. The normalized spacial score (nSPS) is 17.6. The molecule has 1 aromatic rings. The third kappa shape index (κ3) is 8.01. The minimum atomic E-state index is 0.679. The Bertz CT molecular complexity index is 517. The molecule has 0 bridgehead atoms. The second-order valence-electron chi connectivity index (χ2n) is 7.07. The molecule has 5 nitrogen and oxygen atoms in total. The molecule has 0 aromatic carbocycles. The minimum Gasteiger partial charge on any atom is -0.400 e. The van der Waals surface area contributed by atoms with E-state index < -0.39 is 0 Å². The first-order valence-corrected chi connectivity index (χ1v) is 11.0. The molecule has 0 radical (unpaired) electrons. The molecule has 0 unspecified atom stereocenters. The quantitative estimate of drug-likeness (QED) is 0.678. The highest BCUT2D eigenvalue weighted by Gasteiger charge is 2.29. The van der Waals surface area contributed by atoms with Gasteiger partial charge in [0.2, 0.25) is 0 Å². The van der Waals surface area contributed by atoms with Crippen LogP contribution in [0.5, 0.6) is 0 Å². The van der Waals surface area contributed by atoms with E-state index in [1.54, 1.807) is 11.3 Å². The van der Waals surface area contributed by atoms with Crippen molar-refractivity contribution < 1.29 is 9.90 Å². The van der Waals surface area contributed by atoms with Crippen molar-refractivity contribution >= 4 is 22.8 Å². The number of aromatic nitrogens is 1. The molecule has 0 aliphatic heterocycles. The summed E-state index contributed by atoms with van der Waals surface area (Å²) in [5.41, 5.74) is 0. The number of hydrogen-bond acceptors (Lipinski definition) is 6. The highest BCUT2D eigenvalue weighted by Crippen LogP contribution is 2.33. The van der Waals surface area contributed by atoms with Crippen molar-refractivity contribution in [3.8, 4) is 0 Å². The van der Waals surface area contributed by atoms with Crippen LogP contribution in [-0.4, -0.2) is 40.5 Å². The molecule has 2 aliphatic carbocycles. The van der Waals surface area contributed by atoms with E-state index in [0.717, 1.165) is 24.3 Å². The van der Waals surface area contributed by atoms with Crippen LogP contribution in [0.4, 0.5) is 5.13 Å². The van der Waals surface area contributed by atoms with Crippen LogP contribution < -0.4 is 5.32 Å². The fourth-order valence-electron chi connectivity index (χ4n) is 4.06. The van der Waals surface area contributed by atoms with E-state index in [0.29, 0.717) is 12.1 Å². The Morgan fingerprint density at radius 1 is 1.15 bits per heavy atom. The van der Waals surface area contributed by atoms with Crippen LogP contribution in [-0.2, 0) is 4.79 Å². The molecule has 0 amide bonds. The third-order valence-electron chi connectivity index (χ3n) is 5.12. The van der Waals surface area contributed by atoms with Crippen LogP contribution in [0.3, 0.4) is 0 Å². The SMILES string of the molecule is C=C(Nc1ncc(C)s1)N(C1CCCCC1)C1CCCCC1.CC=O.CO. The fourth-order valence-corrected chi connectivity index (χ4v) is 4.74. The summed E-state index contributed by atoms with van der Waals surface area (Å²) in [6.07, 6.45) is 16.3. The molecule has 0 saturated heterocycles. The number of aryl methyl sites for hydroxylation is 1. The van der Waals surface area contributed by atoms with E-state index in [1.807, 2.05) is 6.20 Å². The van der Waals surface area contributed by atoms with Gasteiger partial charge in [0.1, 0.15) is 12.1 Å². The third-order valence-corrected chi connectivity index (χ3v) is 5.95. The van der Waals surface area contributed by atoms with Crippen LogP contribution in [0.2, 0.25) is 0 Å².